The Hall–Kier alpha value is -2.29. The summed E-state index contributed by atoms with van der Waals surface area (Å²) in [4.78, 5) is 37.8. The van der Waals surface area contributed by atoms with Crippen LogP contribution in [0.3, 0.4) is 0 Å². The Labute approximate surface area is 216 Å². The zero-order valence-electron chi connectivity index (χ0n) is 22.3. The lowest BCUT2D eigenvalue weighted by molar-refractivity contribution is -0.232. The molecule has 7 nitrogen and oxygen atoms in total. The van der Waals surface area contributed by atoms with Gasteiger partial charge in [-0.3, -0.25) is 4.79 Å². The van der Waals surface area contributed by atoms with E-state index in [1.54, 1.807) is 13.8 Å². The van der Waals surface area contributed by atoms with Gasteiger partial charge in [-0.15, -0.1) is 0 Å². The van der Waals surface area contributed by atoms with E-state index >= 15 is 8.78 Å². The summed E-state index contributed by atoms with van der Waals surface area (Å²) in [6, 6.07) is 0. The van der Waals surface area contributed by atoms with Gasteiger partial charge in [-0.2, -0.15) is 0 Å². The number of carboxylic acid groups (broad SMARTS) is 1. The zero-order valence-corrected chi connectivity index (χ0v) is 22.3. The minimum Gasteiger partial charge on any atom is -0.478 e. The number of carbonyl (C=O) groups is 3. The summed E-state index contributed by atoms with van der Waals surface area (Å²) in [7, 11) is 0. The average molecular weight is 525 g/mol. The number of fused-ring (bicyclic) bond motifs is 5. The van der Waals surface area contributed by atoms with Crippen molar-refractivity contribution >= 4 is 17.9 Å². The molecule has 206 valence electrons. The molecule has 0 heterocycles. The second-order valence-electron chi connectivity index (χ2n) is 12.2. The highest BCUT2D eigenvalue weighted by atomic mass is 19.1. The predicted molar refractivity (Wildman–Crippen MR) is 130 cm³/mol. The van der Waals surface area contributed by atoms with Crippen LogP contribution >= 0.6 is 0 Å². The topological polar surface area (TPSA) is 110 Å². The number of ketones is 1. The van der Waals surface area contributed by atoms with E-state index in [0.29, 0.717) is 6.42 Å². The van der Waals surface area contributed by atoms with Crippen LogP contribution in [0.2, 0.25) is 0 Å². The van der Waals surface area contributed by atoms with Crippen molar-refractivity contribution in [2.45, 2.75) is 96.9 Å². The van der Waals surface area contributed by atoms with Crippen LogP contribution in [0, 0.1) is 34.5 Å². The van der Waals surface area contributed by atoms with Gasteiger partial charge in [0, 0.05) is 22.7 Å². The number of halogens is 2. The normalized spacial score (nSPS) is 45.4. The van der Waals surface area contributed by atoms with Crippen molar-refractivity contribution in [2.75, 3.05) is 0 Å². The Morgan fingerprint density at radius 3 is 2.43 bits per heavy atom. The van der Waals surface area contributed by atoms with Gasteiger partial charge in [0.05, 0.1) is 6.10 Å². The van der Waals surface area contributed by atoms with E-state index in [-0.39, 0.29) is 30.8 Å². The Morgan fingerprint density at radius 1 is 1.22 bits per heavy atom. The first-order valence-electron chi connectivity index (χ1n) is 13.2. The lowest BCUT2D eigenvalue weighted by Gasteiger charge is -2.62. The summed E-state index contributed by atoms with van der Waals surface area (Å²) in [5.41, 5.74) is -7.43. The summed E-state index contributed by atoms with van der Waals surface area (Å²) in [5, 5.41) is 21.9. The number of hydrogen-bond acceptors (Lipinski definition) is 6. The van der Waals surface area contributed by atoms with E-state index in [2.05, 4.69) is 0 Å². The van der Waals surface area contributed by atoms with Crippen molar-refractivity contribution in [3.63, 3.8) is 0 Å². The van der Waals surface area contributed by atoms with Crippen LogP contribution in [-0.2, 0) is 19.1 Å². The minimum absolute atomic E-state index is 0.00364. The van der Waals surface area contributed by atoms with E-state index in [1.807, 2.05) is 20.8 Å². The van der Waals surface area contributed by atoms with Crippen LogP contribution in [0.25, 0.3) is 0 Å². The fourth-order valence-electron chi connectivity index (χ4n) is 8.21. The number of carbonyl (C=O) groups excluding carboxylic acids is 2. The van der Waals surface area contributed by atoms with E-state index in [1.165, 1.54) is 19.1 Å². The summed E-state index contributed by atoms with van der Waals surface area (Å²) in [6.45, 7) is 10.3. The molecule has 0 aromatic heterocycles. The third-order valence-corrected chi connectivity index (χ3v) is 10.1. The Bertz CT molecular complexity index is 1060. The number of aliphatic hydroxyl groups excluding tert-OH is 1. The number of ether oxygens (including phenoxy) is 2. The standard InChI is InChI=1S/C28H38F2O7/c1-7-21(14(2)3)36-24(35)37-28(23(33)34)15(4)10-17-18-12-20(29)19-11-16(31)8-9-25(19,5)27(18,30)22(32)13-26(17,28)6/h8-9,11,14-15,17-18,20-22,32H,7,10,12-13H2,1-6H3,(H,33,34)/t15-,17+,18+,20+,21?,22+,25+,26+,27+,28+/m1/s1. The summed E-state index contributed by atoms with van der Waals surface area (Å²) >= 11 is 0. The van der Waals surface area contributed by atoms with Crippen molar-refractivity contribution in [2.24, 2.45) is 34.5 Å². The van der Waals surface area contributed by atoms with Gasteiger partial charge in [0.2, 0.25) is 5.60 Å². The highest BCUT2D eigenvalue weighted by molar-refractivity contribution is 6.01. The highest BCUT2D eigenvalue weighted by Crippen LogP contribution is 2.71. The van der Waals surface area contributed by atoms with Gasteiger partial charge in [0.25, 0.3) is 0 Å². The Morgan fingerprint density at radius 2 is 1.86 bits per heavy atom. The van der Waals surface area contributed by atoms with Gasteiger partial charge >= 0.3 is 12.1 Å². The van der Waals surface area contributed by atoms with E-state index in [0.717, 1.165) is 6.08 Å². The molecule has 0 saturated heterocycles. The monoisotopic (exact) mass is 524 g/mol. The van der Waals surface area contributed by atoms with E-state index < -0.39 is 76.1 Å². The molecular formula is C28H38F2O7. The molecule has 2 N–H and O–H groups in total. The molecule has 4 aliphatic carbocycles. The van der Waals surface area contributed by atoms with Crippen LogP contribution in [-0.4, -0.2) is 57.8 Å². The van der Waals surface area contributed by atoms with Crippen molar-refractivity contribution in [3.05, 3.63) is 23.8 Å². The Kier molecular flexibility index (Phi) is 6.66. The zero-order chi connectivity index (χ0) is 27.7. The summed E-state index contributed by atoms with van der Waals surface area (Å²) in [5.74, 6) is -4.40. The fraction of sp³-hybridized carbons (Fsp3) is 0.750. The van der Waals surface area contributed by atoms with Gasteiger partial charge in [-0.25, -0.2) is 18.4 Å². The summed E-state index contributed by atoms with van der Waals surface area (Å²) < 4.78 is 44.0. The lowest BCUT2D eigenvalue weighted by Crippen LogP contribution is -2.71. The van der Waals surface area contributed by atoms with E-state index in [9.17, 15) is 24.6 Å². The third-order valence-electron chi connectivity index (χ3n) is 10.1. The first kappa shape index (κ1) is 27.7. The molecule has 3 saturated carbocycles. The van der Waals surface area contributed by atoms with Crippen LogP contribution in [0.5, 0.6) is 0 Å². The first-order valence-corrected chi connectivity index (χ1v) is 13.2. The van der Waals surface area contributed by atoms with Crippen molar-refractivity contribution in [1.82, 2.24) is 0 Å². The molecule has 9 heteroatoms. The van der Waals surface area contributed by atoms with Crippen LogP contribution in [0.15, 0.2) is 23.8 Å². The van der Waals surface area contributed by atoms with Gasteiger partial charge in [0.1, 0.15) is 12.3 Å². The second-order valence-corrected chi connectivity index (χ2v) is 12.2. The second kappa shape index (κ2) is 8.89. The van der Waals surface area contributed by atoms with Crippen LogP contribution in [0.1, 0.15) is 67.2 Å². The van der Waals surface area contributed by atoms with Crippen molar-refractivity contribution in [1.29, 1.82) is 0 Å². The molecule has 0 bridgehead atoms. The molecule has 0 radical (unpaired) electrons. The average Bonchev–Trinajstić information content (AvgIpc) is 3.02. The van der Waals surface area contributed by atoms with E-state index in [4.69, 9.17) is 9.47 Å². The number of aliphatic hydroxyl groups is 1. The predicted octanol–water partition coefficient (Wildman–Crippen LogP) is 4.96. The molecular weight excluding hydrogens is 486 g/mol. The number of allylic oxidation sites excluding steroid dienone is 4. The molecule has 4 aliphatic rings. The Balaban J connectivity index is 1.77. The molecule has 1 unspecified atom stereocenters. The number of hydrogen-bond donors (Lipinski definition) is 2. The number of carboxylic acids is 1. The van der Waals surface area contributed by atoms with Crippen LogP contribution in [0.4, 0.5) is 13.6 Å². The molecule has 3 fully saturated rings. The molecule has 0 spiro atoms. The molecule has 0 amide bonds. The third kappa shape index (κ3) is 3.55. The highest BCUT2D eigenvalue weighted by Gasteiger charge is 2.78. The van der Waals surface area contributed by atoms with Gasteiger partial charge < -0.3 is 19.7 Å². The minimum atomic E-state index is -2.34. The lowest BCUT2D eigenvalue weighted by atomic mass is 9.44. The molecule has 4 rings (SSSR count). The van der Waals surface area contributed by atoms with Gasteiger partial charge in [-0.1, -0.05) is 40.7 Å². The fourth-order valence-corrected chi connectivity index (χ4v) is 8.21. The largest absolute Gasteiger partial charge is 0.509 e. The first-order chi connectivity index (χ1) is 17.1. The smallest absolute Gasteiger partial charge is 0.478 e. The maximum atomic E-state index is 17.3. The quantitative estimate of drug-likeness (QED) is 0.489. The molecule has 10 atom stereocenters. The number of alkyl halides is 2. The van der Waals surface area contributed by atoms with Gasteiger partial charge in [0.15, 0.2) is 11.5 Å². The molecule has 0 aromatic rings. The maximum absolute atomic E-state index is 17.3. The van der Waals surface area contributed by atoms with Crippen molar-refractivity contribution in [3.8, 4) is 0 Å². The van der Waals surface area contributed by atoms with Crippen LogP contribution < -0.4 is 0 Å². The number of aliphatic carboxylic acids is 1. The summed E-state index contributed by atoms with van der Waals surface area (Å²) in [6.07, 6.45) is -1.27. The maximum Gasteiger partial charge on any atom is 0.509 e. The number of rotatable bonds is 5. The van der Waals surface area contributed by atoms with Crippen molar-refractivity contribution < 1.29 is 42.9 Å². The molecule has 37 heavy (non-hydrogen) atoms. The molecule has 0 aromatic carbocycles. The van der Waals surface area contributed by atoms with Gasteiger partial charge in [-0.05, 0) is 62.2 Å². The SMILES string of the molecule is CCC(OC(=O)O[C@]1(C(=O)O)[C@H](C)C[C@H]2[C@@H]3C[C@H](F)C4=CC(=O)C=C[C@]4(C)[C@@]3(F)[C@@H](O)C[C@@]21C)C(C)C. The molecule has 0 aliphatic heterocycles.